The van der Waals surface area contributed by atoms with Crippen LogP contribution in [-0.4, -0.2) is 45.7 Å². The Morgan fingerprint density at radius 3 is 2.59 bits per heavy atom. The number of hydrogen-bond acceptors (Lipinski definition) is 6. The molecule has 0 fully saturated rings. The highest BCUT2D eigenvalue weighted by molar-refractivity contribution is 6.11. The van der Waals surface area contributed by atoms with Gasteiger partial charge in [-0.05, 0) is 29.3 Å². The number of nitrogens with zero attached hydrogens (tertiary/aromatic N) is 1. The van der Waals surface area contributed by atoms with Gasteiger partial charge in [-0.25, -0.2) is 4.79 Å². The van der Waals surface area contributed by atoms with Crippen LogP contribution in [0.25, 0.3) is 0 Å². The lowest BCUT2D eigenvalue weighted by Crippen LogP contribution is -2.54. The van der Waals surface area contributed by atoms with E-state index in [1.54, 1.807) is 18.2 Å². The van der Waals surface area contributed by atoms with Crippen molar-refractivity contribution in [2.24, 2.45) is 0 Å². The first-order valence-electron chi connectivity index (χ1n) is 8.22. The minimum Gasteiger partial charge on any atom is -0.480 e. The van der Waals surface area contributed by atoms with Crippen molar-refractivity contribution in [1.82, 2.24) is 4.90 Å². The summed E-state index contributed by atoms with van der Waals surface area (Å²) < 4.78 is 10.4. The Kier molecular flexibility index (Phi) is 4.04. The molecule has 138 valence electrons. The molecule has 2 aliphatic rings. The summed E-state index contributed by atoms with van der Waals surface area (Å²) >= 11 is 0. The van der Waals surface area contributed by atoms with E-state index in [0.717, 1.165) is 0 Å². The second-order valence-electron chi connectivity index (χ2n) is 6.24. The predicted octanol–water partition coefficient (Wildman–Crippen LogP) is 1.13. The van der Waals surface area contributed by atoms with Crippen molar-refractivity contribution in [2.75, 3.05) is 6.79 Å². The van der Waals surface area contributed by atoms with E-state index in [-0.39, 0.29) is 24.3 Å². The normalized spacial score (nSPS) is 17.4. The number of carboxylic acids is 1. The minimum atomic E-state index is -1.77. The highest BCUT2D eigenvalue weighted by atomic mass is 16.7. The summed E-state index contributed by atoms with van der Waals surface area (Å²) in [5, 5.41) is 20.4. The van der Waals surface area contributed by atoms with Gasteiger partial charge in [0.2, 0.25) is 12.7 Å². The van der Waals surface area contributed by atoms with E-state index in [2.05, 4.69) is 0 Å². The number of carboxylic acid groups (broad SMARTS) is 1. The Bertz CT molecular complexity index is 955. The zero-order chi connectivity index (χ0) is 19.1. The van der Waals surface area contributed by atoms with E-state index in [9.17, 15) is 24.6 Å². The summed E-state index contributed by atoms with van der Waals surface area (Å²) in [5.41, 5.74) is 0.984. The van der Waals surface area contributed by atoms with E-state index >= 15 is 0 Å². The average Bonchev–Trinajstić information content (AvgIpc) is 3.12. The Labute approximate surface area is 153 Å². The van der Waals surface area contributed by atoms with Crippen LogP contribution in [0.1, 0.15) is 27.6 Å². The van der Waals surface area contributed by atoms with Gasteiger partial charge >= 0.3 is 5.97 Å². The molecule has 0 aromatic heterocycles. The van der Waals surface area contributed by atoms with Crippen LogP contribution < -0.4 is 9.47 Å². The highest BCUT2D eigenvalue weighted by Crippen LogP contribution is 2.36. The molecule has 8 nitrogen and oxygen atoms in total. The zero-order valence-corrected chi connectivity index (χ0v) is 14.0. The van der Waals surface area contributed by atoms with Gasteiger partial charge in [0.05, 0.1) is 6.42 Å². The van der Waals surface area contributed by atoms with Crippen LogP contribution in [0.5, 0.6) is 11.5 Å². The number of fused-ring (bicyclic) bond motifs is 2. The molecular formula is C19H15NO7. The van der Waals surface area contributed by atoms with Gasteiger partial charge in [-0.1, -0.05) is 24.3 Å². The van der Waals surface area contributed by atoms with Crippen molar-refractivity contribution in [3.05, 3.63) is 59.2 Å². The van der Waals surface area contributed by atoms with E-state index < -0.39 is 29.9 Å². The molecule has 0 radical (unpaired) electrons. The van der Waals surface area contributed by atoms with E-state index in [1.807, 2.05) is 0 Å². The molecule has 2 amide bonds. The molecule has 0 spiro atoms. The van der Waals surface area contributed by atoms with Crippen LogP contribution in [0.2, 0.25) is 0 Å². The van der Waals surface area contributed by atoms with Crippen LogP contribution in [-0.2, 0) is 16.0 Å². The lowest BCUT2D eigenvalue weighted by molar-refractivity contribution is -0.153. The minimum absolute atomic E-state index is 0.0249. The van der Waals surface area contributed by atoms with Crippen molar-refractivity contribution < 1.29 is 34.1 Å². The zero-order valence-electron chi connectivity index (χ0n) is 14.0. The Morgan fingerprint density at radius 1 is 1.07 bits per heavy atom. The number of aliphatic hydroxyl groups is 1. The molecule has 2 aliphatic heterocycles. The predicted molar refractivity (Wildman–Crippen MR) is 90.3 cm³/mol. The fourth-order valence-electron chi connectivity index (χ4n) is 3.32. The fourth-order valence-corrected chi connectivity index (χ4v) is 3.32. The quantitative estimate of drug-likeness (QED) is 0.777. The number of carbonyl (C=O) groups excluding carboxylic acids is 2. The number of aliphatic carboxylic acids is 1. The number of amides is 2. The largest absolute Gasteiger partial charge is 0.480 e. The standard InChI is InChI=1S/C19H15NO7/c21-15-8-10-3-1-2-4-12(10)18(23)20(15)16(19(24)25)17(22)11-5-6-13-14(7-11)27-9-26-13/h1-7,16-17,22H,8-9H2,(H,24,25)/t16-,17+/m0/s1. The number of hydrogen-bond donors (Lipinski definition) is 2. The van der Waals surface area contributed by atoms with Crippen LogP contribution in [0, 0.1) is 0 Å². The highest BCUT2D eigenvalue weighted by Gasteiger charge is 2.43. The Balaban J connectivity index is 1.71. The van der Waals surface area contributed by atoms with Gasteiger partial charge in [0.15, 0.2) is 17.5 Å². The van der Waals surface area contributed by atoms with E-state index in [0.29, 0.717) is 22.0 Å². The number of rotatable bonds is 4. The van der Waals surface area contributed by atoms with Gasteiger partial charge in [-0.2, -0.15) is 0 Å². The first kappa shape index (κ1) is 17.0. The van der Waals surface area contributed by atoms with Crippen LogP contribution in [0.4, 0.5) is 0 Å². The third-order valence-electron chi connectivity index (χ3n) is 4.65. The fraction of sp³-hybridized carbons (Fsp3) is 0.211. The number of benzene rings is 2. The second-order valence-corrected chi connectivity index (χ2v) is 6.24. The van der Waals surface area contributed by atoms with E-state index in [1.165, 1.54) is 24.3 Å². The SMILES string of the molecule is O=C(O)[C@H]([C@H](O)c1ccc2c(c1)OCO2)N1C(=O)Cc2ccccc2C1=O. The summed E-state index contributed by atoms with van der Waals surface area (Å²) in [7, 11) is 0. The molecule has 0 aliphatic carbocycles. The van der Waals surface area contributed by atoms with Gasteiger partial charge in [-0.15, -0.1) is 0 Å². The molecule has 2 N–H and O–H groups in total. The summed E-state index contributed by atoms with van der Waals surface area (Å²) in [6, 6.07) is 9.19. The van der Waals surface area contributed by atoms with E-state index in [4.69, 9.17) is 9.47 Å². The topological polar surface area (TPSA) is 113 Å². The molecule has 2 atom stereocenters. The maximum atomic E-state index is 12.8. The number of ether oxygens (including phenoxy) is 2. The summed E-state index contributed by atoms with van der Waals surface area (Å²) in [6.45, 7) is 0.0249. The molecular weight excluding hydrogens is 354 g/mol. The molecule has 27 heavy (non-hydrogen) atoms. The van der Waals surface area contributed by atoms with Gasteiger partial charge in [0, 0.05) is 5.56 Å². The van der Waals surface area contributed by atoms with Crippen molar-refractivity contribution in [3.8, 4) is 11.5 Å². The average molecular weight is 369 g/mol. The van der Waals surface area contributed by atoms with Crippen LogP contribution >= 0.6 is 0 Å². The number of carbonyl (C=O) groups is 3. The lowest BCUT2D eigenvalue weighted by atomic mass is 9.94. The van der Waals surface area contributed by atoms with Gasteiger partial charge in [0.1, 0.15) is 6.10 Å². The first-order valence-corrected chi connectivity index (χ1v) is 8.22. The molecule has 2 aromatic rings. The molecule has 4 rings (SSSR count). The first-order chi connectivity index (χ1) is 13.0. The maximum Gasteiger partial charge on any atom is 0.330 e. The molecule has 8 heteroatoms. The third-order valence-corrected chi connectivity index (χ3v) is 4.65. The molecule has 0 bridgehead atoms. The lowest BCUT2D eigenvalue weighted by Gasteiger charge is -2.33. The monoisotopic (exact) mass is 369 g/mol. The van der Waals surface area contributed by atoms with Gasteiger partial charge in [-0.3, -0.25) is 14.5 Å². The molecule has 0 saturated heterocycles. The third kappa shape index (κ3) is 2.80. The Morgan fingerprint density at radius 2 is 1.81 bits per heavy atom. The van der Waals surface area contributed by atoms with Crippen molar-refractivity contribution in [2.45, 2.75) is 18.6 Å². The van der Waals surface area contributed by atoms with Gasteiger partial charge < -0.3 is 19.7 Å². The Hall–Kier alpha value is -3.39. The smallest absolute Gasteiger partial charge is 0.330 e. The van der Waals surface area contributed by atoms with Crippen molar-refractivity contribution in [1.29, 1.82) is 0 Å². The molecule has 0 unspecified atom stereocenters. The second kappa shape index (κ2) is 6.40. The van der Waals surface area contributed by atoms with Gasteiger partial charge in [0.25, 0.3) is 5.91 Å². The number of aliphatic hydroxyl groups excluding tert-OH is 1. The summed E-state index contributed by atoms with van der Waals surface area (Å²) in [4.78, 5) is 37.8. The maximum absolute atomic E-state index is 12.8. The van der Waals surface area contributed by atoms with Crippen molar-refractivity contribution >= 4 is 17.8 Å². The summed E-state index contributed by atoms with van der Waals surface area (Å²) in [6.07, 6.45) is -1.74. The molecule has 0 saturated carbocycles. The number of imide groups is 1. The van der Waals surface area contributed by atoms with Crippen LogP contribution in [0.3, 0.4) is 0 Å². The molecule has 2 aromatic carbocycles. The van der Waals surface area contributed by atoms with Crippen molar-refractivity contribution in [3.63, 3.8) is 0 Å². The van der Waals surface area contributed by atoms with Crippen LogP contribution in [0.15, 0.2) is 42.5 Å². The molecule has 2 heterocycles. The summed E-state index contributed by atoms with van der Waals surface area (Å²) in [5.74, 6) is -2.07.